The molecular weight excluding hydrogens is 380 g/mol. The standard InChI is InChI=1S/C24H24N2O4/c1-25-13-17-20-16(10-7-11-19(20)25)18-14-26(12-15-8-5-4-6-9-15)21(17)24(18,22(27)29-2)23(28)30-3/h4-11,13,18,21H,12,14H2,1-3H3. The average Bonchev–Trinajstić information content (AvgIpc) is 3.24. The Morgan fingerprint density at radius 1 is 1.00 bits per heavy atom. The molecule has 6 nitrogen and oxygen atoms in total. The third kappa shape index (κ3) is 2.28. The van der Waals surface area contributed by atoms with E-state index in [9.17, 15) is 9.59 Å². The summed E-state index contributed by atoms with van der Waals surface area (Å²) in [5, 5.41) is 1.13. The second-order valence-electron chi connectivity index (χ2n) is 8.16. The molecule has 1 aliphatic carbocycles. The fourth-order valence-corrected chi connectivity index (χ4v) is 5.66. The van der Waals surface area contributed by atoms with Gasteiger partial charge in [-0.25, -0.2) is 0 Å². The molecule has 2 atom stereocenters. The van der Waals surface area contributed by atoms with E-state index < -0.39 is 23.4 Å². The summed E-state index contributed by atoms with van der Waals surface area (Å²) in [7, 11) is 4.68. The predicted octanol–water partition coefficient (Wildman–Crippen LogP) is 3.16. The largest absolute Gasteiger partial charge is 0.468 e. The van der Waals surface area contributed by atoms with Crippen molar-refractivity contribution in [1.82, 2.24) is 9.47 Å². The van der Waals surface area contributed by atoms with Crippen LogP contribution >= 0.6 is 0 Å². The Hall–Kier alpha value is -3.12. The third-order valence-electron chi connectivity index (χ3n) is 6.78. The Morgan fingerprint density at radius 3 is 2.37 bits per heavy atom. The molecule has 3 aromatic rings. The summed E-state index contributed by atoms with van der Waals surface area (Å²) in [6.45, 7) is 1.20. The van der Waals surface area contributed by atoms with Crippen LogP contribution in [0.2, 0.25) is 0 Å². The molecule has 30 heavy (non-hydrogen) atoms. The molecule has 5 rings (SSSR count). The van der Waals surface area contributed by atoms with E-state index in [1.807, 2.05) is 43.6 Å². The van der Waals surface area contributed by atoms with E-state index in [1.165, 1.54) is 14.2 Å². The fraction of sp³-hybridized carbons (Fsp3) is 0.333. The predicted molar refractivity (Wildman–Crippen MR) is 112 cm³/mol. The third-order valence-corrected chi connectivity index (χ3v) is 6.78. The number of carbonyl (C=O) groups is 2. The normalized spacial score (nSPS) is 21.6. The molecule has 2 aliphatic rings. The van der Waals surface area contributed by atoms with Crippen molar-refractivity contribution in [2.24, 2.45) is 12.5 Å². The zero-order valence-corrected chi connectivity index (χ0v) is 17.3. The Bertz CT molecular complexity index is 1130. The van der Waals surface area contributed by atoms with Crippen LogP contribution in [0.5, 0.6) is 0 Å². The molecule has 1 aliphatic heterocycles. The maximum atomic E-state index is 13.3. The summed E-state index contributed by atoms with van der Waals surface area (Å²) in [6, 6.07) is 15.7. The molecule has 1 fully saturated rings. The molecule has 0 saturated carbocycles. The number of rotatable bonds is 4. The van der Waals surface area contributed by atoms with E-state index in [-0.39, 0.29) is 5.92 Å². The van der Waals surface area contributed by atoms with Crippen LogP contribution in [-0.4, -0.2) is 42.2 Å². The highest BCUT2D eigenvalue weighted by molar-refractivity contribution is 6.06. The Morgan fingerprint density at radius 2 is 1.70 bits per heavy atom. The Balaban J connectivity index is 1.77. The molecule has 1 saturated heterocycles. The molecule has 2 aromatic carbocycles. The van der Waals surface area contributed by atoms with Gasteiger partial charge in [0.25, 0.3) is 0 Å². The zero-order chi connectivity index (χ0) is 21.0. The molecule has 0 radical (unpaired) electrons. The summed E-state index contributed by atoms with van der Waals surface area (Å²) < 4.78 is 12.5. The number of hydrogen-bond donors (Lipinski definition) is 0. The first kappa shape index (κ1) is 18.9. The van der Waals surface area contributed by atoms with Gasteiger partial charge in [0.2, 0.25) is 0 Å². The number of aryl methyl sites for hydroxylation is 1. The van der Waals surface area contributed by atoms with Gasteiger partial charge in [0.05, 0.1) is 20.3 Å². The molecule has 154 valence electrons. The summed E-state index contributed by atoms with van der Waals surface area (Å²) >= 11 is 0. The van der Waals surface area contributed by atoms with Crippen LogP contribution in [0.15, 0.2) is 54.7 Å². The van der Waals surface area contributed by atoms with Crippen LogP contribution in [0.25, 0.3) is 10.9 Å². The number of esters is 2. The first-order valence-corrected chi connectivity index (χ1v) is 10.1. The van der Waals surface area contributed by atoms with Crippen LogP contribution in [-0.2, 0) is 32.7 Å². The maximum absolute atomic E-state index is 13.3. The molecule has 0 amide bonds. The summed E-state index contributed by atoms with van der Waals surface area (Å²) in [5.41, 5.74) is 2.78. The minimum atomic E-state index is -1.43. The maximum Gasteiger partial charge on any atom is 0.325 e. The van der Waals surface area contributed by atoms with Gasteiger partial charge in [0.15, 0.2) is 5.41 Å². The quantitative estimate of drug-likeness (QED) is 0.494. The van der Waals surface area contributed by atoms with E-state index in [0.717, 1.165) is 27.6 Å². The molecule has 1 aromatic heterocycles. The van der Waals surface area contributed by atoms with Crippen LogP contribution in [0, 0.1) is 5.41 Å². The van der Waals surface area contributed by atoms with Crippen molar-refractivity contribution in [3.63, 3.8) is 0 Å². The lowest BCUT2D eigenvalue weighted by atomic mass is 9.64. The Labute approximate surface area is 175 Å². The lowest BCUT2D eigenvalue weighted by molar-refractivity contribution is -0.173. The number of aromatic nitrogens is 1. The van der Waals surface area contributed by atoms with E-state index in [1.54, 1.807) is 0 Å². The van der Waals surface area contributed by atoms with E-state index >= 15 is 0 Å². The Kier molecular flexibility index (Phi) is 4.22. The average molecular weight is 404 g/mol. The number of hydrogen-bond acceptors (Lipinski definition) is 5. The highest BCUT2D eigenvalue weighted by Crippen LogP contribution is 2.62. The second-order valence-corrected chi connectivity index (χ2v) is 8.16. The number of benzene rings is 2. The highest BCUT2D eigenvalue weighted by atomic mass is 16.5. The molecule has 0 spiro atoms. The van der Waals surface area contributed by atoms with E-state index in [2.05, 4.69) is 27.7 Å². The minimum Gasteiger partial charge on any atom is -0.468 e. The van der Waals surface area contributed by atoms with Crippen molar-refractivity contribution in [3.8, 4) is 0 Å². The first-order chi connectivity index (χ1) is 14.5. The molecular formula is C24H24N2O4. The number of nitrogens with zero attached hydrogens (tertiary/aromatic N) is 2. The van der Waals surface area contributed by atoms with Crippen molar-refractivity contribution < 1.29 is 19.1 Å². The topological polar surface area (TPSA) is 60.8 Å². The van der Waals surface area contributed by atoms with Gasteiger partial charge in [0, 0.05) is 43.2 Å². The summed E-state index contributed by atoms with van der Waals surface area (Å²) in [6.07, 6.45) is 2.04. The molecule has 2 heterocycles. The SMILES string of the molecule is COC(=O)C1(C(=O)OC)C2CN(Cc3ccccc3)C1c1cn(C)c3cccc2c13. The van der Waals surface area contributed by atoms with Crippen molar-refractivity contribution in [1.29, 1.82) is 0 Å². The summed E-state index contributed by atoms with van der Waals surface area (Å²) in [4.78, 5) is 28.9. The molecule has 2 bridgehead atoms. The van der Waals surface area contributed by atoms with Crippen molar-refractivity contribution >= 4 is 22.8 Å². The van der Waals surface area contributed by atoms with Crippen LogP contribution < -0.4 is 0 Å². The van der Waals surface area contributed by atoms with Gasteiger partial charge in [-0.05, 0) is 22.8 Å². The number of fused-ring (bicyclic) bond motifs is 4. The first-order valence-electron chi connectivity index (χ1n) is 10.1. The number of likely N-dealkylation sites (tertiary alicyclic amines) is 1. The van der Waals surface area contributed by atoms with Gasteiger partial charge in [0.1, 0.15) is 0 Å². The second kappa shape index (κ2) is 6.71. The lowest BCUT2D eigenvalue weighted by Crippen LogP contribution is -2.50. The van der Waals surface area contributed by atoms with Gasteiger partial charge in [-0.15, -0.1) is 0 Å². The van der Waals surface area contributed by atoms with E-state index in [4.69, 9.17) is 9.47 Å². The molecule has 2 unspecified atom stereocenters. The monoisotopic (exact) mass is 404 g/mol. The smallest absolute Gasteiger partial charge is 0.325 e. The number of methoxy groups -OCH3 is 2. The number of ether oxygens (including phenoxy) is 2. The van der Waals surface area contributed by atoms with Crippen LogP contribution in [0.1, 0.15) is 28.7 Å². The van der Waals surface area contributed by atoms with Gasteiger partial charge < -0.3 is 14.0 Å². The summed E-state index contributed by atoms with van der Waals surface area (Å²) in [5.74, 6) is -1.41. The highest BCUT2D eigenvalue weighted by Gasteiger charge is 2.69. The fourth-order valence-electron chi connectivity index (χ4n) is 5.66. The minimum absolute atomic E-state index is 0.343. The van der Waals surface area contributed by atoms with Crippen molar-refractivity contribution in [3.05, 3.63) is 71.4 Å². The van der Waals surface area contributed by atoms with E-state index in [0.29, 0.717) is 13.1 Å². The molecule has 0 N–H and O–H groups in total. The zero-order valence-electron chi connectivity index (χ0n) is 17.3. The van der Waals surface area contributed by atoms with Crippen LogP contribution in [0.3, 0.4) is 0 Å². The van der Waals surface area contributed by atoms with Crippen molar-refractivity contribution in [2.75, 3.05) is 20.8 Å². The lowest BCUT2D eigenvalue weighted by Gasteiger charge is -2.39. The van der Waals surface area contributed by atoms with Gasteiger partial charge in [-0.1, -0.05) is 42.5 Å². The number of carbonyl (C=O) groups excluding carboxylic acids is 2. The molecule has 6 heteroatoms. The van der Waals surface area contributed by atoms with Crippen LogP contribution in [0.4, 0.5) is 0 Å². The van der Waals surface area contributed by atoms with Crippen molar-refractivity contribution in [2.45, 2.75) is 18.5 Å². The van der Waals surface area contributed by atoms with Gasteiger partial charge in [-0.2, -0.15) is 0 Å². The van der Waals surface area contributed by atoms with Gasteiger partial charge >= 0.3 is 11.9 Å². The van der Waals surface area contributed by atoms with Gasteiger partial charge in [-0.3, -0.25) is 14.5 Å².